The van der Waals surface area contributed by atoms with E-state index in [4.69, 9.17) is 4.74 Å². The number of hydrogen-bond acceptors (Lipinski definition) is 2. The number of nitrogens with zero attached hydrogens (tertiary/aromatic N) is 1. The standard InChI is InChI=1S/C19H27NO2/c1-15-7-9-17(10-8-15)20(18-11-12-18)19(21)14-22-13-16-5-3-2-4-6-16/h2-6,15,17-18H,7-14H2,1H3. The molecule has 0 spiro atoms. The summed E-state index contributed by atoms with van der Waals surface area (Å²) in [5.74, 6) is 1.01. The molecule has 0 bridgehead atoms. The lowest BCUT2D eigenvalue weighted by atomic mass is 9.86. The maximum atomic E-state index is 12.6. The number of carbonyl (C=O) groups excluding carboxylic acids is 1. The number of rotatable bonds is 6. The van der Waals surface area contributed by atoms with Crippen LogP contribution < -0.4 is 0 Å². The summed E-state index contributed by atoms with van der Waals surface area (Å²) >= 11 is 0. The fourth-order valence-electron chi connectivity index (χ4n) is 3.48. The Morgan fingerprint density at radius 1 is 1.05 bits per heavy atom. The van der Waals surface area contributed by atoms with Gasteiger partial charge in [-0.3, -0.25) is 4.79 Å². The van der Waals surface area contributed by atoms with Gasteiger partial charge in [-0.2, -0.15) is 0 Å². The van der Waals surface area contributed by atoms with Gasteiger partial charge in [0.1, 0.15) is 6.61 Å². The van der Waals surface area contributed by atoms with E-state index in [0.29, 0.717) is 18.7 Å². The summed E-state index contributed by atoms with van der Waals surface area (Å²) in [5.41, 5.74) is 1.12. The zero-order valence-electron chi connectivity index (χ0n) is 13.5. The van der Waals surface area contributed by atoms with Crippen LogP contribution in [0.3, 0.4) is 0 Å². The SMILES string of the molecule is CC1CCC(N(C(=O)COCc2ccccc2)C2CC2)CC1. The third-order valence-corrected chi connectivity index (χ3v) is 4.94. The van der Waals surface area contributed by atoms with Crippen molar-refractivity contribution in [3.8, 4) is 0 Å². The largest absolute Gasteiger partial charge is 0.367 e. The van der Waals surface area contributed by atoms with Crippen LogP contribution >= 0.6 is 0 Å². The molecular weight excluding hydrogens is 274 g/mol. The third kappa shape index (κ3) is 4.10. The van der Waals surface area contributed by atoms with Crippen LogP contribution in [0.25, 0.3) is 0 Å². The Morgan fingerprint density at radius 3 is 2.23 bits per heavy atom. The van der Waals surface area contributed by atoms with E-state index in [9.17, 15) is 4.79 Å². The van der Waals surface area contributed by atoms with E-state index in [0.717, 1.165) is 11.5 Å². The van der Waals surface area contributed by atoms with Crippen molar-refractivity contribution in [1.29, 1.82) is 0 Å². The van der Waals surface area contributed by atoms with Gasteiger partial charge < -0.3 is 9.64 Å². The van der Waals surface area contributed by atoms with Crippen LogP contribution in [-0.2, 0) is 16.1 Å². The van der Waals surface area contributed by atoms with Gasteiger partial charge in [-0.25, -0.2) is 0 Å². The van der Waals surface area contributed by atoms with E-state index in [1.165, 1.54) is 38.5 Å². The van der Waals surface area contributed by atoms with E-state index in [-0.39, 0.29) is 12.5 Å². The first-order valence-corrected chi connectivity index (χ1v) is 8.67. The van der Waals surface area contributed by atoms with Crippen molar-refractivity contribution in [3.05, 3.63) is 35.9 Å². The Labute approximate surface area is 133 Å². The highest BCUT2D eigenvalue weighted by molar-refractivity contribution is 5.78. The third-order valence-electron chi connectivity index (χ3n) is 4.94. The second-order valence-electron chi connectivity index (χ2n) is 6.92. The zero-order valence-corrected chi connectivity index (χ0v) is 13.5. The minimum Gasteiger partial charge on any atom is -0.367 e. The summed E-state index contributed by atoms with van der Waals surface area (Å²) in [6.07, 6.45) is 7.20. The lowest BCUT2D eigenvalue weighted by molar-refractivity contribution is -0.140. The molecule has 0 saturated heterocycles. The lowest BCUT2D eigenvalue weighted by Gasteiger charge is -2.36. The van der Waals surface area contributed by atoms with Crippen molar-refractivity contribution in [2.75, 3.05) is 6.61 Å². The number of benzene rings is 1. The molecule has 3 rings (SSSR count). The Balaban J connectivity index is 1.50. The van der Waals surface area contributed by atoms with Crippen molar-refractivity contribution in [3.63, 3.8) is 0 Å². The second-order valence-corrected chi connectivity index (χ2v) is 6.92. The molecule has 1 aromatic rings. The molecule has 1 amide bonds. The summed E-state index contributed by atoms with van der Waals surface area (Å²) in [6, 6.07) is 11.0. The van der Waals surface area contributed by atoms with E-state index in [1.54, 1.807) is 0 Å². The molecule has 120 valence electrons. The average molecular weight is 301 g/mol. The van der Waals surface area contributed by atoms with Crippen molar-refractivity contribution >= 4 is 5.91 Å². The van der Waals surface area contributed by atoms with Crippen LogP contribution in [0.15, 0.2) is 30.3 Å². The smallest absolute Gasteiger partial charge is 0.249 e. The van der Waals surface area contributed by atoms with Gasteiger partial charge in [-0.15, -0.1) is 0 Å². The van der Waals surface area contributed by atoms with Crippen LogP contribution in [0.4, 0.5) is 0 Å². The Kier molecular flexibility index (Phi) is 5.14. The molecule has 0 atom stereocenters. The van der Waals surface area contributed by atoms with Crippen LogP contribution in [0.2, 0.25) is 0 Å². The number of amides is 1. The second kappa shape index (κ2) is 7.28. The monoisotopic (exact) mass is 301 g/mol. The molecule has 0 N–H and O–H groups in total. The Hall–Kier alpha value is -1.35. The quantitative estimate of drug-likeness (QED) is 0.800. The van der Waals surface area contributed by atoms with Crippen molar-refractivity contribution in [2.24, 2.45) is 5.92 Å². The van der Waals surface area contributed by atoms with Gasteiger partial charge >= 0.3 is 0 Å². The first-order chi connectivity index (χ1) is 10.7. The molecule has 22 heavy (non-hydrogen) atoms. The van der Waals surface area contributed by atoms with E-state index in [1.807, 2.05) is 30.3 Å². The van der Waals surface area contributed by atoms with Crippen molar-refractivity contribution in [2.45, 2.75) is 64.1 Å². The highest BCUT2D eigenvalue weighted by atomic mass is 16.5. The molecule has 2 saturated carbocycles. The van der Waals surface area contributed by atoms with E-state index < -0.39 is 0 Å². The molecule has 2 aliphatic rings. The van der Waals surface area contributed by atoms with E-state index in [2.05, 4.69) is 11.8 Å². The molecular formula is C19H27NO2. The number of hydrogen-bond donors (Lipinski definition) is 0. The average Bonchev–Trinajstić information content (AvgIpc) is 3.35. The Bertz CT molecular complexity index is 475. The Morgan fingerprint density at radius 2 is 1.64 bits per heavy atom. The molecule has 0 heterocycles. The molecule has 0 aliphatic heterocycles. The van der Waals surface area contributed by atoms with Crippen LogP contribution in [0.1, 0.15) is 51.0 Å². The van der Waals surface area contributed by atoms with Crippen molar-refractivity contribution < 1.29 is 9.53 Å². The van der Waals surface area contributed by atoms with Crippen molar-refractivity contribution in [1.82, 2.24) is 4.90 Å². The summed E-state index contributed by atoms with van der Waals surface area (Å²) < 4.78 is 5.66. The lowest BCUT2D eigenvalue weighted by Crippen LogP contribution is -2.45. The minimum absolute atomic E-state index is 0.193. The zero-order chi connectivity index (χ0) is 15.4. The van der Waals surface area contributed by atoms with Gasteiger partial charge in [0.25, 0.3) is 0 Å². The highest BCUT2D eigenvalue weighted by Gasteiger charge is 2.38. The maximum Gasteiger partial charge on any atom is 0.249 e. The number of carbonyl (C=O) groups is 1. The first-order valence-electron chi connectivity index (χ1n) is 8.67. The fourth-order valence-corrected chi connectivity index (χ4v) is 3.48. The molecule has 0 aromatic heterocycles. The molecule has 3 heteroatoms. The molecule has 0 unspecified atom stereocenters. The molecule has 2 aliphatic carbocycles. The highest BCUT2D eigenvalue weighted by Crippen LogP contribution is 2.35. The summed E-state index contributed by atoms with van der Waals surface area (Å²) in [4.78, 5) is 14.8. The predicted molar refractivity (Wildman–Crippen MR) is 87.4 cm³/mol. The van der Waals surface area contributed by atoms with Gasteiger partial charge in [-0.05, 0) is 50.0 Å². The fraction of sp³-hybridized carbons (Fsp3) is 0.632. The molecule has 1 aromatic carbocycles. The van der Waals surface area contributed by atoms with Gasteiger partial charge in [0.05, 0.1) is 6.61 Å². The maximum absolute atomic E-state index is 12.6. The van der Waals surface area contributed by atoms with Gasteiger partial charge in [0.15, 0.2) is 0 Å². The number of ether oxygens (including phenoxy) is 1. The van der Waals surface area contributed by atoms with E-state index >= 15 is 0 Å². The topological polar surface area (TPSA) is 29.5 Å². The first kappa shape index (κ1) is 15.5. The normalized spacial score (nSPS) is 25.0. The van der Waals surface area contributed by atoms with Crippen LogP contribution in [-0.4, -0.2) is 29.5 Å². The summed E-state index contributed by atoms with van der Waals surface area (Å²) in [6.45, 7) is 3.06. The predicted octanol–water partition coefficient (Wildman–Crippen LogP) is 3.77. The van der Waals surface area contributed by atoms with Gasteiger partial charge in [-0.1, -0.05) is 37.3 Å². The van der Waals surface area contributed by atoms with Crippen LogP contribution in [0.5, 0.6) is 0 Å². The summed E-state index contributed by atoms with van der Waals surface area (Å²) in [7, 11) is 0. The van der Waals surface area contributed by atoms with Gasteiger partial charge in [0, 0.05) is 12.1 Å². The van der Waals surface area contributed by atoms with Gasteiger partial charge in [0.2, 0.25) is 5.91 Å². The molecule has 0 radical (unpaired) electrons. The van der Waals surface area contributed by atoms with Crippen LogP contribution in [0, 0.1) is 5.92 Å². The molecule has 2 fully saturated rings. The summed E-state index contributed by atoms with van der Waals surface area (Å²) in [5, 5.41) is 0. The minimum atomic E-state index is 0.193. The molecule has 3 nitrogen and oxygen atoms in total.